The maximum absolute atomic E-state index is 13.6. The van der Waals surface area contributed by atoms with E-state index in [1.807, 2.05) is 32.9 Å². The Labute approximate surface area is 197 Å². The highest BCUT2D eigenvalue weighted by atomic mass is 16.6. The number of alkyl carbamates (subject to hydrolysis) is 1. The van der Waals surface area contributed by atoms with Crippen LogP contribution in [0.1, 0.15) is 72.4 Å². The molecular weight excluding hydrogens is 420 g/mol. The molecule has 3 amide bonds. The van der Waals surface area contributed by atoms with E-state index < -0.39 is 29.7 Å². The maximum atomic E-state index is 13.6. The molecule has 1 aromatic rings. The van der Waals surface area contributed by atoms with Crippen molar-refractivity contribution in [3.8, 4) is 6.07 Å². The molecule has 0 saturated carbocycles. The molecule has 0 fully saturated rings. The predicted octanol–water partition coefficient (Wildman–Crippen LogP) is 3.94. The second-order valence-electron chi connectivity index (χ2n) is 9.41. The van der Waals surface area contributed by atoms with E-state index in [4.69, 9.17) is 4.74 Å². The lowest BCUT2D eigenvalue weighted by Crippen LogP contribution is -2.53. The number of nitriles is 1. The fraction of sp³-hybridized carbons (Fsp3) is 0.600. The van der Waals surface area contributed by atoms with Crippen LogP contribution in [0.15, 0.2) is 30.3 Å². The van der Waals surface area contributed by atoms with Crippen LogP contribution in [-0.2, 0) is 14.3 Å². The molecule has 0 aliphatic heterocycles. The van der Waals surface area contributed by atoms with Crippen LogP contribution in [-0.4, -0.2) is 47.5 Å². The Kier molecular flexibility index (Phi) is 11.4. The van der Waals surface area contributed by atoms with E-state index in [2.05, 4.69) is 10.6 Å². The average molecular weight is 459 g/mol. The number of ether oxygens (including phenoxy) is 1. The lowest BCUT2D eigenvalue weighted by Gasteiger charge is -2.33. The molecule has 0 bridgehead atoms. The number of hydrogen-bond donors (Lipinski definition) is 2. The molecule has 8 heteroatoms. The largest absolute Gasteiger partial charge is 0.444 e. The monoisotopic (exact) mass is 458 g/mol. The number of carbonyl (C=O) groups excluding carboxylic acids is 3. The Hall–Kier alpha value is -3.08. The summed E-state index contributed by atoms with van der Waals surface area (Å²) in [4.78, 5) is 40.5. The van der Waals surface area contributed by atoms with Crippen LogP contribution in [0.4, 0.5) is 4.79 Å². The van der Waals surface area contributed by atoms with Crippen LogP contribution in [0.3, 0.4) is 0 Å². The number of rotatable bonds is 11. The van der Waals surface area contributed by atoms with E-state index in [0.29, 0.717) is 18.5 Å². The number of nitrogens with zero attached hydrogens (tertiary/aromatic N) is 2. The highest BCUT2D eigenvalue weighted by molar-refractivity contribution is 5.92. The van der Waals surface area contributed by atoms with Gasteiger partial charge in [0, 0.05) is 6.54 Å². The minimum absolute atomic E-state index is 0.0754. The minimum atomic E-state index is -0.995. The van der Waals surface area contributed by atoms with Gasteiger partial charge in [0.1, 0.15) is 24.2 Å². The van der Waals surface area contributed by atoms with Crippen LogP contribution in [0.25, 0.3) is 0 Å². The molecule has 8 nitrogen and oxygen atoms in total. The molecule has 2 N–H and O–H groups in total. The molecule has 1 aromatic carbocycles. The second kappa shape index (κ2) is 13.5. The summed E-state index contributed by atoms with van der Waals surface area (Å²) in [6.07, 6.45) is 1.32. The highest BCUT2D eigenvalue weighted by Crippen LogP contribution is 2.23. The summed E-state index contributed by atoms with van der Waals surface area (Å²) in [5.41, 5.74) is -0.135. The first kappa shape index (κ1) is 28.0. The number of amides is 3. The van der Waals surface area contributed by atoms with Gasteiger partial charge >= 0.3 is 6.09 Å². The summed E-state index contributed by atoms with van der Waals surface area (Å²) in [7, 11) is 0. The zero-order chi connectivity index (χ0) is 25.0. The predicted molar refractivity (Wildman–Crippen MR) is 127 cm³/mol. The second-order valence-corrected chi connectivity index (χ2v) is 9.41. The zero-order valence-corrected chi connectivity index (χ0v) is 20.7. The Morgan fingerprint density at radius 3 is 2.30 bits per heavy atom. The third-order valence-electron chi connectivity index (χ3n) is 4.73. The first-order chi connectivity index (χ1) is 15.5. The molecule has 0 saturated heterocycles. The molecule has 0 spiro atoms. The average Bonchev–Trinajstić information content (AvgIpc) is 2.71. The Bertz CT molecular complexity index is 812. The van der Waals surface area contributed by atoms with Crippen LogP contribution in [0.2, 0.25) is 0 Å². The van der Waals surface area contributed by atoms with E-state index >= 15 is 0 Å². The van der Waals surface area contributed by atoms with Crippen molar-refractivity contribution in [1.82, 2.24) is 15.5 Å². The summed E-state index contributed by atoms with van der Waals surface area (Å²) in [6.45, 7) is 11.3. The summed E-state index contributed by atoms with van der Waals surface area (Å²) in [5.74, 6) is -0.791. The molecule has 0 heterocycles. The van der Waals surface area contributed by atoms with Crippen molar-refractivity contribution in [3.05, 3.63) is 35.9 Å². The van der Waals surface area contributed by atoms with Gasteiger partial charge in [-0.3, -0.25) is 9.59 Å². The van der Waals surface area contributed by atoms with E-state index in [1.165, 1.54) is 4.90 Å². The SMILES string of the molecule is CCCCNC(=O)C(c1ccccc1)N(CC#N)C(=O)C(CC(C)C)NC(=O)OC(C)(C)C. The zero-order valence-electron chi connectivity index (χ0n) is 20.7. The summed E-state index contributed by atoms with van der Waals surface area (Å²) in [6, 6.07) is 8.94. The lowest BCUT2D eigenvalue weighted by molar-refractivity contribution is -0.142. The molecule has 0 aliphatic rings. The van der Waals surface area contributed by atoms with Gasteiger partial charge in [-0.2, -0.15) is 5.26 Å². The van der Waals surface area contributed by atoms with Crippen LogP contribution in [0.5, 0.6) is 0 Å². The van der Waals surface area contributed by atoms with Gasteiger partial charge in [0.25, 0.3) is 0 Å². The normalized spacial score (nSPS) is 12.9. The molecule has 182 valence electrons. The highest BCUT2D eigenvalue weighted by Gasteiger charge is 2.36. The standard InChI is InChI=1S/C25H38N4O4/c1-7-8-15-27-22(30)21(19-12-10-9-11-13-19)29(16-14-26)23(31)20(17-18(2)3)28-24(32)33-25(4,5)6/h9-13,18,20-21H,7-8,15-17H2,1-6H3,(H,27,30)(H,28,32). The van der Waals surface area contributed by atoms with Gasteiger partial charge in [-0.1, -0.05) is 57.5 Å². The van der Waals surface area contributed by atoms with E-state index in [9.17, 15) is 19.6 Å². The van der Waals surface area contributed by atoms with E-state index in [0.717, 1.165) is 12.8 Å². The maximum Gasteiger partial charge on any atom is 0.408 e. The Morgan fingerprint density at radius 1 is 1.15 bits per heavy atom. The van der Waals surface area contributed by atoms with Crippen molar-refractivity contribution >= 4 is 17.9 Å². The topological polar surface area (TPSA) is 112 Å². The van der Waals surface area contributed by atoms with Gasteiger partial charge in [-0.15, -0.1) is 0 Å². The van der Waals surface area contributed by atoms with Gasteiger partial charge in [0.15, 0.2) is 0 Å². The molecular formula is C25H38N4O4. The lowest BCUT2D eigenvalue weighted by atomic mass is 9.99. The fourth-order valence-electron chi connectivity index (χ4n) is 3.31. The number of nitrogens with one attached hydrogen (secondary N) is 2. The third kappa shape index (κ3) is 9.94. The minimum Gasteiger partial charge on any atom is -0.444 e. The van der Waals surface area contributed by atoms with Crippen LogP contribution >= 0.6 is 0 Å². The molecule has 2 unspecified atom stereocenters. The summed E-state index contributed by atoms with van der Waals surface area (Å²) in [5, 5.41) is 15.0. The first-order valence-corrected chi connectivity index (χ1v) is 11.5. The van der Waals surface area contributed by atoms with Crippen molar-refractivity contribution in [2.75, 3.05) is 13.1 Å². The van der Waals surface area contributed by atoms with E-state index in [1.54, 1.807) is 45.0 Å². The molecule has 33 heavy (non-hydrogen) atoms. The molecule has 1 rings (SSSR count). The Balaban J connectivity index is 3.31. The van der Waals surface area contributed by atoms with Crippen molar-refractivity contribution in [3.63, 3.8) is 0 Å². The number of carbonyl (C=O) groups is 3. The van der Waals surface area contributed by atoms with Crippen molar-refractivity contribution in [2.45, 2.75) is 78.5 Å². The molecule has 2 atom stereocenters. The molecule has 0 aromatic heterocycles. The van der Waals surface area contributed by atoms with Crippen molar-refractivity contribution in [1.29, 1.82) is 5.26 Å². The van der Waals surface area contributed by atoms with Gasteiger partial charge in [0.05, 0.1) is 6.07 Å². The summed E-state index contributed by atoms with van der Waals surface area (Å²) < 4.78 is 5.33. The van der Waals surface area contributed by atoms with Gasteiger partial charge < -0.3 is 20.3 Å². The van der Waals surface area contributed by atoms with Gasteiger partial charge in [-0.05, 0) is 45.1 Å². The smallest absolute Gasteiger partial charge is 0.408 e. The molecule has 0 aliphatic carbocycles. The van der Waals surface area contributed by atoms with Crippen molar-refractivity contribution in [2.24, 2.45) is 5.92 Å². The van der Waals surface area contributed by atoms with E-state index in [-0.39, 0.29) is 18.4 Å². The van der Waals surface area contributed by atoms with Crippen LogP contribution in [0, 0.1) is 17.2 Å². The van der Waals surface area contributed by atoms with Gasteiger partial charge in [-0.25, -0.2) is 4.79 Å². The fourth-order valence-corrected chi connectivity index (χ4v) is 3.31. The number of unbranched alkanes of at least 4 members (excludes halogenated alkanes) is 1. The first-order valence-electron chi connectivity index (χ1n) is 11.5. The number of benzene rings is 1. The Morgan fingerprint density at radius 2 is 1.79 bits per heavy atom. The van der Waals surface area contributed by atoms with Gasteiger partial charge in [0.2, 0.25) is 11.8 Å². The van der Waals surface area contributed by atoms with Crippen molar-refractivity contribution < 1.29 is 19.1 Å². The molecule has 0 radical (unpaired) electrons. The summed E-state index contributed by atoms with van der Waals surface area (Å²) >= 11 is 0. The number of hydrogen-bond acceptors (Lipinski definition) is 5. The quantitative estimate of drug-likeness (QED) is 0.385. The third-order valence-corrected chi connectivity index (χ3v) is 4.73. The van der Waals surface area contributed by atoms with Crippen LogP contribution < -0.4 is 10.6 Å².